The van der Waals surface area contributed by atoms with E-state index in [1.807, 2.05) is 54.6 Å². The predicted octanol–water partition coefficient (Wildman–Crippen LogP) is 3.84. The van der Waals surface area contributed by atoms with E-state index in [9.17, 15) is 4.79 Å². The van der Waals surface area contributed by atoms with Crippen molar-refractivity contribution in [1.82, 2.24) is 0 Å². The number of carbonyl (C=O) groups is 1. The zero-order chi connectivity index (χ0) is 15.1. The molecule has 2 aromatic carbocycles. The number of hydrogen-bond donors (Lipinski definition) is 0. The average molecular weight is 279 g/mol. The largest absolute Gasteiger partial charge is 0.339 e. The van der Waals surface area contributed by atoms with Crippen LogP contribution < -0.4 is 0 Å². The van der Waals surface area contributed by atoms with Gasteiger partial charge in [0, 0.05) is 0 Å². The third-order valence-corrected chi connectivity index (χ3v) is 3.04. The van der Waals surface area contributed by atoms with Crippen molar-refractivity contribution in [1.29, 1.82) is 0 Å². The first-order chi connectivity index (χ1) is 10.2. The molecule has 0 amide bonds. The molecule has 106 valence electrons. The lowest BCUT2D eigenvalue weighted by Gasteiger charge is -2.02. The Hall–Kier alpha value is -2.68. The summed E-state index contributed by atoms with van der Waals surface area (Å²) in [7, 11) is 0. The fourth-order valence-corrected chi connectivity index (χ4v) is 1.83. The fourth-order valence-electron chi connectivity index (χ4n) is 1.83. The first kappa shape index (κ1) is 14.7. The minimum Gasteiger partial charge on any atom is -0.318 e. The molecule has 0 heterocycles. The first-order valence-corrected chi connectivity index (χ1v) is 6.70. The van der Waals surface area contributed by atoms with E-state index in [1.54, 1.807) is 13.0 Å². The molecule has 0 spiro atoms. The van der Waals surface area contributed by atoms with E-state index in [4.69, 9.17) is 4.84 Å². The molecule has 0 radical (unpaired) electrons. The maximum Gasteiger partial charge on any atom is 0.339 e. The molecule has 3 heteroatoms. The van der Waals surface area contributed by atoms with Crippen molar-refractivity contribution < 1.29 is 9.63 Å². The summed E-state index contributed by atoms with van der Waals surface area (Å²) < 4.78 is 0. The molecule has 0 fully saturated rings. The molecule has 0 aliphatic carbocycles. The number of rotatable bonds is 5. The highest BCUT2D eigenvalue weighted by atomic mass is 16.7. The molecule has 0 atom stereocenters. The maximum atomic E-state index is 11.7. The van der Waals surface area contributed by atoms with Crippen LogP contribution in [-0.2, 0) is 16.1 Å². The molecule has 0 bridgehead atoms. The van der Waals surface area contributed by atoms with Crippen molar-refractivity contribution in [3.63, 3.8) is 0 Å². The van der Waals surface area contributed by atoms with Crippen molar-refractivity contribution in [3.05, 3.63) is 77.9 Å². The Morgan fingerprint density at radius 2 is 1.81 bits per heavy atom. The van der Waals surface area contributed by atoms with Crippen molar-refractivity contribution in [2.24, 2.45) is 5.16 Å². The fraction of sp³-hybridized carbons (Fsp3) is 0.111. The summed E-state index contributed by atoms with van der Waals surface area (Å²) in [5.41, 5.74) is 3.51. The van der Waals surface area contributed by atoms with E-state index in [1.165, 1.54) is 0 Å². The van der Waals surface area contributed by atoms with Gasteiger partial charge < -0.3 is 4.84 Å². The van der Waals surface area contributed by atoms with Gasteiger partial charge in [-0.2, -0.15) is 0 Å². The topological polar surface area (TPSA) is 38.7 Å². The summed E-state index contributed by atoms with van der Waals surface area (Å²) in [5.74, 6) is -0.372. The van der Waals surface area contributed by atoms with Crippen LogP contribution in [0.1, 0.15) is 23.6 Å². The lowest BCUT2D eigenvalue weighted by atomic mass is 10.1. The molecular weight excluding hydrogens is 262 g/mol. The second-order valence-electron chi connectivity index (χ2n) is 4.63. The smallest absolute Gasteiger partial charge is 0.318 e. The van der Waals surface area contributed by atoms with Crippen LogP contribution in [-0.4, -0.2) is 11.7 Å². The average Bonchev–Trinajstić information content (AvgIpc) is 2.53. The van der Waals surface area contributed by atoms with E-state index < -0.39 is 0 Å². The predicted molar refractivity (Wildman–Crippen MR) is 85.0 cm³/mol. The van der Waals surface area contributed by atoms with Gasteiger partial charge in [-0.15, -0.1) is 0 Å². The summed E-state index contributed by atoms with van der Waals surface area (Å²) >= 11 is 0. The lowest BCUT2D eigenvalue weighted by molar-refractivity contribution is -0.142. The zero-order valence-electron chi connectivity index (χ0n) is 12.0. The molecule has 0 N–H and O–H groups in total. The summed E-state index contributed by atoms with van der Waals surface area (Å²) in [6.07, 6.45) is 1.99. The Bertz CT molecular complexity index is 643. The van der Waals surface area contributed by atoms with Crippen molar-refractivity contribution in [3.8, 4) is 0 Å². The second-order valence-corrected chi connectivity index (χ2v) is 4.63. The van der Waals surface area contributed by atoms with Crippen LogP contribution in [0.2, 0.25) is 0 Å². The Kier molecular flexibility index (Phi) is 5.04. The number of hydrogen-bond acceptors (Lipinski definition) is 3. The third-order valence-electron chi connectivity index (χ3n) is 3.04. The van der Waals surface area contributed by atoms with Crippen LogP contribution in [0.4, 0.5) is 0 Å². The molecule has 0 saturated carbocycles. The van der Waals surface area contributed by atoms with Crippen LogP contribution in [0, 0.1) is 0 Å². The third kappa shape index (κ3) is 4.42. The number of benzene rings is 2. The monoisotopic (exact) mass is 279 g/mol. The van der Waals surface area contributed by atoms with Crippen LogP contribution in [0.3, 0.4) is 0 Å². The molecule has 21 heavy (non-hydrogen) atoms. The SMILES string of the molecule is C=Cc1ccc(/C(C)=N/OC(=O)Cc2ccccc2)cc1. The van der Waals surface area contributed by atoms with Gasteiger partial charge in [0.05, 0.1) is 12.1 Å². The Labute approximate surface area is 124 Å². The van der Waals surface area contributed by atoms with E-state index in [0.717, 1.165) is 16.7 Å². The highest BCUT2D eigenvalue weighted by Gasteiger charge is 2.05. The molecular formula is C18H17NO2. The molecule has 2 rings (SSSR count). The summed E-state index contributed by atoms with van der Waals surface area (Å²) in [6.45, 7) is 5.51. The van der Waals surface area contributed by atoms with Crippen LogP contribution in [0.5, 0.6) is 0 Å². The summed E-state index contributed by atoms with van der Waals surface area (Å²) in [4.78, 5) is 16.7. The highest BCUT2D eigenvalue weighted by Crippen LogP contribution is 2.07. The number of carbonyl (C=O) groups excluding carboxylic acids is 1. The standard InChI is InChI=1S/C18H17NO2/c1-3-15-9-11-17(12-10-15)14(2)19-21-18(20)13-16-7-5-4-6-8-16/h3-12H,1,13H2,2H3/b19-14+. The van der Waals surface area contributed by atoms with E-state index in [-0.39, 0.29) is 12.4 Å². The number of nitrogens with zero attached hydrogens (tertiary/aromatic N) is 1. The van der Waals surface area contributed by atoms with Crippen LogP contribution in [0.15, 0.2) is 66.3 Å². The van der Waals surface area contributed by atoms with Gasteiger partial charge in [0.15, 0.2) is 0 Å². The van der Waals surface area contributed by atoms with Gasteiger partial charge in [-0.1, -0.05) is 72.4 Å². The van der Waals surface area contributed by atoms with Gasteiger partial charge in [-0.25, -0.2) is 4.79 Å². The van der Waals surface area contributed by atoms with E-state index in [0.29, 0.717) is 5.71 Å². The van der Waals surface area contributed by atoms with Gasteiger partial charge >= 0.3 is 5.97 Å². The van der Waals surface area contributed by atoms with Crippen molar-refractivity contribution >= 4 is 17.8 Å². The van der Waals surface area contributed by atoms with E-state index in [2.05, 4.69) is 11.7 Å². The zero-order valence-corrected chi connectivity index (χ0v) is 12.0. The summed E-state index contributed by atoms with van der Waals surface area (Å²) in [5, 5.41) is 3.89. The Morgan fingerprint density at radius 3 is 2.43 bits per heavy atom. The van der Waals surface area contributed by atoms with Crippen molar-refractivity contribution in [2.45, 2.75) is 13.3 Å². The highest BCUT2D eigenvalue weighted by molar-refractivity contribution is 5.98. The van der Waals surface area contributed by atoms with Gasteiger partial charge in [-0.05, 0) is 23.6 Å². The maximum absolute atomic E-state index is 11.7. The molecule has 3 nitrogen and oxygen atoms in total. The Morgan fingerprint density at radius 1 is 1.14 bits per heavy atom. The quantitative estimate of drug-likeness (QED) is 0.474. The first-order valence-electron chi connectivity index (χ1n) is 6.70. The molecule has 0 unspecified atom stereocenters. The Balaban J connectivity index is 1.96. The normalized spacial score (nSPS) is 11.0. The minimum absolute atomic E-state index is 0.215. The number of oxime groups is 1. The molecule has 0 aliphatic heterocycles. The second kappa shape index (κ2) is 7.20. The molecule has 0 aliphatic rings. The van der Waals surface area contributed by atoms with Crippen LogP contribution >= 0.6 is 0 Å². The minimum atomic E-state index is -0.372. The van der Waals surface area contributed by atoms with Crippen LogP contribution in [0.25, 0.3) is 6.08 Å². The van der Waals surface area contributed by atoms with Gasteiger partial charge in [0.1, 0.15) is 0 Å². The molecule has 0 aromatic heterocycles. The van der Waals surface area contributed by atoms with Crippen molar-refractivity contribution in [2.75, 3.05) is 0 Å². The molecule has 2 aromatic rings. The van der Waals surface area contributed by atoms with Gasteiger partial charge in [-0.3, -0.25) is 0 Å². The molecule has 0 saturated heterocycles. The van der Waals surface area contributed by atoms with E-state index >= 15 is 0 Å². The van der Waals surface area contributed by atoms with Gasteiger partial charge in [0.2, 0.25) is 0 Å². The summed E-state index contributed by atoms with van der Waals surface area (Å²) in [6, 6.07) is 17.2. The van der Waals surface area contributed by atoms with Gasteiger partial charge in [0.25, 0.3) is 0 Å². The lowest BCUT2D eigenvalue weighted by Crippen LogP contribution is -2.06.